The number of carboxylic acids is 1. The molecule has 108 valence electrons. The van der Waals surface area contributed by atoms with E-state index in [1.165, 1.54) is 0 Å². The van der Waals surface area contributed by atoms with Crippen LogP contribution in [0.5, 0.6) is 0 Å². The van der Waals surface area contributed by atoms with Crippen molar-refractivity contribution in [3.05, 3.63) is 0 Å². The Labute approximate surface area is 112 Å². The van der Waals surface area contributed by atoms with Gasteiger partial charge in [-0.05, 0) is 33.6 Å². The number of carboxylic acid groups (broad SMARTS) is 1. The van der Waals surface area contributed by atoms with Gasteiger partial charge in [0, 0.05) is 12.5 Å². The molecular formula is C13H21NO5. The Bertz CT molecular complexity index is 376. The van der Waals surface area contributed by atoms with Crippen molar-refractivity contribution >= 4 is 12.1 Å². The maximum absolute atomic E-state index is 12.0. The third-order valence-corrected chi connectivity index (χ3v) is 3.45. The zero-order valence-corrected chi connectivity index (χ0v) is 11.6. The molecule has 2 heterocycles. The van der Waals surface area contributed by atoms with Gasteiger partial charge >= 0.3 is 12.1 Å². The second-order valence-corrected chi connectivity index (χ2v) is 6.22. The number of likely N-dealkylation sites (tertiary alicyclic amines) is 1. The Morgan fingerprint density at radius 3 is 2.53 bits per heavy atom. The minimum Gasteiger partial charge on any atom is -0.479 e. The number of aliphatic carboxylic acids is 1. The molecule has 1 amide bonds. The second-order valence-electron chi connectivity index (χ2n) is 6.22. The third kappa shape index (κ3) is 3.37. The highest BCUT2D eigenvalue weighted by Crippen LogP contribution is 2.32. The maximum atomic E-state index is 12.0. The first-order chi connectivity index (χ1) is 8.76. The summed E-state index contributed by atoms with van der Waals surface area (Å²) in [6.07, 6.45) is 0.0270. The van der Waals surface area contributed by atoms with E-state index in [2.05, 4.69) is 0 Å². The number of carbonyl (C=O) groups excluding carboxylic acids is 1. The molecule has 0 aromatic carbocycles. The van der Waals surface area contributed by atoms with Crippen molar-refractivity contribution in [2.45, 2.75) is 51.4 Å². The van der Waals surface area contributed by atoms with Crippen LogP contribution in [-0.2, 0) is 14.3 Å². The van der Waals surface area contributed by atoms with Crippen molar-refractivity contribution in [1.82, 2.24) is 4.90 Å². The van der Waals surface area contributed by atoms with Gasteiger partial charge < -0.3 is 19.5 Å². The first-order valence-electron chi connectivity index (χ1n) is 6.62. The van der Waals surface area contributed by atoms with Gasteiger partial charge in [0.05, 0.1) is 12.6 Å². The highest BCUT2D eigenvalue weighted by Gasteiger charge is 2.43. The number of hydrogen-bond donors (Lipinski definition) is 1. The van der Waals surface area contributed by atoms with Crippen LogP contribution >= 0.6 is 0 Å². The van der Waals surface area contributed by atoms with Crippen molar-refractivity contribution in [1.29, 1.82) is 0 Å². The summed E-state index contributed by atoms with van der Waals surface area (Å²) in [6, 6.07) is 0. The lowest BCUT2D eigenvalue weighted by Gasteiger charge is -2.28. The highest BCUT2D eigenvalue weighted by molar-refractivity contribution is 5.72. The average Bonchev–Trinajstić information content (AvgIpc) is 2.68. The van der Waals surface area contributed by atoms with Crippen LogP contribution < -0.4 is 0 Å². The maximum Gasteiger partial charge on any atom is 0.410 e. The summed E-state index contributed by atoms with van der Waals surface area (Å²) in [7, 11) is 0. The van der Waals surface area contributed by atoms with E-state index in [0.717, 1.165) is 6.42 Å². The molecule has 2 saturated heterocycles. The van der Waals surface area contributed by atoms with Crippen LogP contribution in [0.1, 0.15) is 33.6 Å². The Morgan fingerprint density at radius 2 is 1.95 bits per heavy atom. The van der Waals surface area contributed by atoms with E-state index in [4.69, 9.17) is 14.6 Å². The van der Waals surface area contributed by atoms with Gasteiger partial charge in [0.25, 0.3) is 0 Å². The molecule has 3 atom stereocenters. The van der Waals surface area contributed by atoms with Crippen LogP contribution in [0, 0.1) is 5.92 Å². The minimum atomic E-state index is -0.922. The quantitative estimate of drug-likeness (QED) is 0.782. The molecule has 3 unspecified atom stereocenters. The molecule has 19 heavy (non-hydrogen) atoms. The fraction of sp³-hybridized carbons (Fsp3) is 0.846. The smallest absolute Gasteiger partial charge is 0.410 e. The third-order valence-electron chi connectivity index (χ3n) is 3.45. The number of carbonyl (C=O) groups is 2. The number of amides is 1. The van der Waals surface area contributed by atoms with E-state index < -0.39 is 17.7 Å². The van der Waals surface area contributed by atoms with Crippen LogP contribution in [-0.4, -0.2) is 53.0 Å². The number of ether oxygens (including phenoxy) is 2. The van der Waals surface area contributed by atoms with Crippen LogP contribution in [0.4, 0.5) is 4.79 Å². The monoisotopic (exact) mass is 271 g/mol. The van der Waals surface area contributed by atoms with Crippen LogP contribution in [0.2, 0.25) is 0 Å². The SMILES string of the molecule is CC(C)(C)OC(=O)N1CC2CCC(C(=O)O)OC2C1. The molecule has 0 aromatic heterocycles. The molecule has 6 heteroatoms. The molecule has 6 nitrogen and oxygen atoms in total. The summed E-state index contributed by atoms with van der Waals surface area (Å²) >= 11 is 0. The van der Waals surface area contributed by atoms with E-state index in [-0.39, 0.29) is 18.1 Å². The van der Waals surface area contributed by atoms with Crippen LogP contribution in [0.15, 0.2) is 0 Å². The molecule has 0 radical (unpaired) electrons. The minimum absolute atomic E-state index is 0.178. The van der Waals surface area contributed by atoms with Crippen molar-refractivity contribution in [3.8, 4) is 0 Å². The predicted octanol–water partition coefficient (Wildman–Crippen LogP) is 1.49. The Hall–Kier alpha value is -1.30. The van der Waals surface area contributed by atoms with Gasteiger partial charge in [-0.1, -0.05) is 0 Å². The van der Waals surface area contributed by atoms with E-state index in [0.29, 0.717) is 19.5 Å². The van der Waals surface area contributed by atoms with Crippen molar-refractivity contribution in [3.63, 3.8) is 0 Å². The Morgan fingerprint density at radius 1 is 1.26 bits per heavy atom. The molecule has 1 N–H and O–H groups in total. The van der Waals surface area contributed by atoms with Crippen molar-refractivity contribution < 1.29 is 24.2 Å². The van der Waals surface area contributed by atoms with E-state index in [1.54, 1.807) is 4.90 Å². The number of hydrogen-bond acceptors (Lipinski definition) is 4. The largest absolute Gasteiger partial charge is 0.479 e. The normalized spacial score (nSPS) is 30.9. The van der Waals surface area contributed by atoms with Gasteiger partial charge in [0.2, 0.25) is 0 Å². The van der Waals surface area contributed by atoms with Gasteiger partial charge in [-0.3, -0.25) is 0 Å². The van der Waals surface area contributed by atoms with Gasteiger partial charge in [-0.2, -0.15) is 0 Å². The standard InChI is InChI=1S/C13H21NO5/c1-13(2,3)19-12(17)14-6-8-4-5-9(11(15)16)18-10(8)7-14/h8-10H,4-7H2,1-3H3,(H,15,16). The second kappa shape index (κ2) is 5.00. The zero-order chi connectivity index (χ0) is 14.2. The number of nitrogens with zero attached hydrogens (tertiary/aromatic N) is 1. The molecule has 2 aliphatic heterocycles. The predicted molar refractivity (Wildman–Crippen MR) is 66.8 cm³/mol. The molecule has 2 fully saturated rings. The summed E-state index contributed by atoms with van der Waals surface area (Å²) in [5.41, 5.74) is -0.519. The van der Waals surface area contributed by atoms with Crippen LogP contribution in [0.25, 0.3) is 0 Å². The van der Waals surface area contributed by atoms with Crippen LogP contribution in [0.3, 0.4) is 0 Å². The first kappa shape index (κ1) is 14.1. The average molecular weight is 271 g/mol. The zero-order valence-electron chi connectivity index (χ0n) is 11.6. The lowest BCUT2D eigenvalue weighted by molar-refractivity contribution is -0.160. The highest BCUT2D eigenvalue weighted by atomic mass is 16.6. The Kier molecular flexibility index (Phi) is 3.71. The van der Waals surface area contributed by atoms with E-state index >= 15 is 0 Å². The van der Waals surface area contributed by atoms with Crippen molar-refractivity contribution in [2.75, 3.05) is 13.1 Å². The summed E-state index contributed by atoms with van der Waals surface area (Å²) < 4.78 is 10.9. The molecule has 0 spiro atoms. The van der Waals surface area contributed by atoms with Gasteiger partial charge in [0.15, 0.2) is 6.10 Å². The van der Waals surface area contributed by atoms with E-state index in [1.807, 2.05) is 20.8 Å². The molecular weight excluding hydrogens is 250 g/mol. The van der Waals surface area contributed by atoms with Gasteiger partial charge in [-0.15, -0.1) is 0 Å². The van der Waals surface area contributed by atoms with E-state index in [9.17, 15) is 9.59 Å². The summed E-state index contributed by atoms with van der Waals surface area (Å²) in [5, 5.41) is 8.96. The molecule has 0 aromatic rings. The molecule has 0 aliphatic carbocycles. The molecule has 2 aliphatic rings. The number of fused-ring (bicyclic) bond motifs is 1. The van der Waals surface area contributed by atoms with Gasteiger partial charge in [-0.25, -0.2) is 9.59 Å². The Balaban J connectivity index is 1.92. The fourth-order valence-corrected chi connectivity index (χ4v) is 2.57. The topological polar surface area (TPSA) is 76.1 Å². The fourth-order valence-electron chi connectivity index (χ4n) is 2.57. The number of rotatable bonds is 1. The van der Waals surface area contributed by atoms with Gasteiger partial charge in [0.1, 0.15) is 5.60 Å². The summed E-state index contributed by atoms with van der Waals surface area (Å²) in [4.78, 5) is 24.5. The molecule has 0 bridgehead atoms. The summed E-state index contributed by atoms with van der Waals surface area (Å²) in [6.45, 7) is 6.48. The molecule has 0 saturated carbocycles. The molecule has 2 rings (SSSR count). The lowest BCUT2D eigenvalue weighted by atomic mass is 9.94. The van der Waals surface area contributed by atoms with Crippen molar-refractivity contribution in [2.24, 2.45) is 5.92 Å². The first-order valence-corrected chi connectivity index (χ1v) is 6.62. The lowest BCUT2D eigenvalue weighted by Crippen LogP contribution is -2.39. The summed E-state index contributed by atoms with van der Waals surface area (Å²) in [5.74, 6) is -0.697.